The summed E-state index contributed by atoms with van der Waals surface area (Å²) in [5.74, 6) is 0.0804. The number of nitrogens with zero attached hydrogens (tertiary/aromatic N) is 5. The molecule has 3 aromatic heterocycles. The Kier molecular flexibility index (Phi) is 4.87. The van der Waals surface area contributed by atoms with E-state index in [1.807, 2.05) is 6.07 Å². The van der Waals surface area contributed by atoms with Gasteiger partial charge in [0.2, 0.25) is 11.8 Å². The Balaban J connectivity index is 1.58. The molecule has 31 heavy (non-hydrogen) atoms. The van der Waals surface area contributed by atoms with Crippen molar-refractivity contribution in [3.05, 3.63) is 67.0 Å². The van der Waals surface area contributed by atoms with E-state index in [1.54, 1.807) is 24.4 Å². The predicted octanol–water partition coefficient (Wildman–Crippen LogP) is 1.38. The maximum Gasteiger partial charge on any atom is 0.326 e. The minimum Gasteiger partial charge on any atom is -0.493 e. The molecule has 1 saturated carbocycles. The van der Waals surface area contributed by atoms with Crippen LogP contribution in [0.1, 0.15) is 24.1 Å². The van der Waals surface area contributed by atoms with Gasteiger partial charge < -0.3 is 15.4 Å². The molecule has 0 spiro atoms. The fraction of sp³-hybridized carbons (Fsp3) is 0.211. The van der Waals surface area contributed by atoms with Gasteiger partial charge >= 0.3 is 5.69 Å². The van der Waals surface area contributed by atoms with E-state index in [1.165, 1.54) is 4.52 Å². The molecule has 1 fully saturated rings. The zero-order chi connectivity index (χ0) is 21.5. The molecule has 0 aliphatic heterocycles. The molecule has 5 rings (SSSR count). The number of fused-ring (bicyclic) bond motifs is 1. The average Bonchev–Trinajstić information content (AvgIpc) is 3.36. The molecule has 0 unspecified atom stereocenters. The fourth-order valence-corrected chi connectivity index (χ4v) is 3.47. The van der Waals surface area contributed by atoms with Crippen LogP contribution in [0.3, 0.4) is 0 Å². The van der Waals surface area contributed by atoms with Gasteiger partial charge in [-0.3, -0.25) is 4.98 Å². The maximum atomic E-state index is 11.4. The van der Waals surface area contributed by atoms with Crippen LogP contribution in [-0.2, 0) is 6.54 Å². The molecule has 12 heteroatoms. The molecule has 0 saturated heterocycles. The van der Waals surface area contributed by atoms with Crippen molar-refractivity contribution in [2.24, 2.45) is 4.99 Å². The number of halogens is 2. The number of aromatic hydroxyl groups is 1. The highest BCUT2D eigenvalue weighted by atomic mass is 35.5. The summed E-state index contributed by atoms with van der Waals surface area (Å²) in [6.45, 7) is 0.383. The van der Waals surface area contributed by atoms with E-state index >= 15 is 0 Å². The molecule has 10 nitrogen and oxygen atoms in total. The molecule has 4 aromatic rings. The summed E-state index contributed by atoms with van der Waals surface area (Å²) in [6.07, 6.45) is 5.16. The Labute approximate surface area is 184 Å². The average molecular weight is 459 g/mol. The Morgan fingerprint density at radius 2 is 2.13 bits per heavy atom. The topological polar surface area (TPSA) is 136 Å². The van der Waals surface area contributed by atoms with Crippen LogP contribution in [0.15, 0.2) is 34.2 Å². The lowest BCUT2D eigenvalue weighted by molar-refractivity contribution is 0.454. The molecule has 158 valence electrons. The molecule has 1 aromatic carbocycles. The highest BCUT2D eigenvalue weighted by molar-refractivity contribution is 6.35. The standard InChI is InChI=1S/C19H16Cl2N8O2/c20-11-2-1-9(13(21)6-11)7-22-17-26-15-10(5-14-16(30)27-19(31)25-14)8-23-29(15)18(28-17)24-12-3-4-12/h1-2,5-6,8,12,30H,3-4,7H2,(H,22,24,28)(H2,25,27,31)/b10-5+. The van der Waals surface area contributed by atoms with E-state index in [2.05, 4.69) is 35.3 Å². The first-order chi connectivity index (χ1) is 15.0. The third kappa shape index (κ3) is 4.12. The van der Waals surface area contributed by atoms with Crippen molar-refractivity contribution in [1.29, 1.82) is 0 Å². The number of aromatic amines is 2. The summed E-state index contributed by atoms with van der Waals surface area (Å²) in [4.78, 5) is 29.9. The first-order valence-electron chi connectivity index (χ1n) is 9.47. The summed E-state index contributed by atoms with van der Waals surface area (Å²) in [5.41, 5.74) is 1.44. The van der Waals surface area contributed by atoms with E-state index in [0.29, 0.717) is 39.0 Å². The summed E-state index contributed by atoms with van der Waals surface area (Å²) in [7, 11) is 0. The normalized spacial score (nSPS) is 15.2. The lowest BCUT2D eigenvalue weighted by Gasteiger charge is -2.07. The number of hydrogen-bond donors (Lipinski definition) is 4. The van der Waals surface area contributed by atoms with Gasteiger partial charge in [-0.05, 0) is 36.6 Å². The van der Waals surface area contributed by atoms with Crippen molar-refractivity contribution >= 4 is 40.9 Å². The predicted molar refractivity (Wildman–Crippen MR) is 115 cm³/mol. The Bertz CT molecular complexity index is 1470. The van der Waals surface area contributed by atoms with Crippen molar-refractivity contribution < 1.29 is 5.11 Å². The SMILES string of the molecule is O=c1[nH]c(O)c(/C=c2\cnn3c(=NC4CC4)nc(NCc4ccc(Cl)cc4Cl)nc23)[nH]1. The zero-order valence-electron chi connectivity index (χ0n) is 15.9. The van der Waals surface area contributed by atoms with Crippen molar-refractivity contribution in [3.63, 3.8) is 0 Å². The van der Waals surface area contributed by atoms with Gasteiger partial charge in [0, 0.05) is 21.8 Å². The van der Waals surface area contributed by atoms with Crippen molar-refractivity contribution in [2.45, 2.75) is 25.4 Å². The van der Waals surface area contributed by atoms with E-state index in [9.17, 15) is 9.90 Å². The molecule has 4 N–H and O–H groups in total. The lowest BCUT2D eigenvalue weighted by Crippen LogP contribution is -2.24. The second-order valence-corrected chi connectivity index (χ2v) is 7.96. The Hall–Kier alpha value is -3.37. The number of rotatable bonds is 5. The van der Waals surface area contributed by atoms with Crippen LogP contribution in [0.2, 0.25) is 10.0 Å². The third-order valence-electron chi connectivity index (χ3n) is 4.71. The summed E-state index contributed by atoms with van der Waals surface area (Å²) in [5, 5.41) is 19.0. The van der Waals surface area contributed by atoms with Crippen LogP contribution in [0.25, 0.3) is 11.7 Å². The first kappa shape index (κ1) is 19.6. The summed E-state index contributed by atoms with van der Waals surface area (Å²) < 4.78 is 1.53. The van der Waals surface area contributed by atoms with Gasteiger partial charge in [0.15, 0.2) is 5.65 Å². The second-order valence-electron chi connectivity index (χ2n) is 7.12. The molecular formula is C19H16Cl2N8O2. The van der Waals surface area contributed by atoms with Gasteiger partial charge in [-0.25, -0.2) is 9.79 Å². The van der Waals surface area contributed by atoms with Gasteiger partial charge in [0.05, 0.1) is 12.2 Å². The molecule has 3 heterocycles. The number of aromatic nitrogens is 6. The molecule has 0 atom stereocenters. The van der Waals surface area contributed by atoms with Crippen LogP contribution < -0.4 is 21.8 Å². The van der Waals surface area contributed by atoms with Gasteiger partial charge in [0.1, 0.15) is 5.69 Å². The van der Waals surface area contributed by atoms with Crippen LogP contribution in [0.5, 0.6) is 5.88 Å². The fourth-order valence-electron chi connectivity index (χ4n) is 3.00. The minimum atomic E-state index is -0.513. The molecule has 0 bridgehead atoms. The minimum absolute atomic E-state index is 0.221. The zero-order valence-corrected chi connectivity index (χ0v) is 17.4. The van der Waals surface area contributed by atoms with Crippen molar-refractivity contribution in [3.8, 4) is 5.88 Å². The molecule has 1 aliphatic rings. The van der Waals surface area contributed by atoms with Crippen molar-refractivity contribution in [2.75, 3.05) is 5.32 Å². The first-order valence-corrected chi connectivity index (χ1v) is 10.2. The van der Waals surface area contributed by atoms with Gasteiger partial charge in [-0.2, -0.15) is 19.6 Å². The molecule has 0 amide bonds. The van der Waals surface area contributed by atoms with Crippen molar-refractivity contribution in [1.82, 2.24) is 29.5 Å². The number of hydrogen-bond acceptors (Lipinski definition) is 7. The van der Waals surface area contributed by atoms with Gasteiger partial charge in [-0.15, -0.1) is 0 Å². The monoisotopic (exact) mass is 458 g/mol. The van der Waals surface area contributed by atoms with Gasteiger partial charge in [0.25, 0.3) is 5.62 Å². The smallest absolute Gasteiger partial charge is 0.326 e. The quantitative estimate of drug-likeness (QED) is 0.356. The Morgan fingerprint density at radius 1 is 1.29 bits per heavy atom. The number of H-pyrrole nitrogens is 2. The number of nitrogens with one attached hydrogen (secondary N) is 3. The summed E-state index contributed by atoms with van der Waals surface area (Å²) in [6, 6.07) is 5.48. The molecular weight excluding hydrogens is 443 g/mol. The van der Waals surface area contributed by atoms with E-state index in [-0.39, 0.29) is 17.6 Å². The lowest BCUT2D eigenvalue weighted by atomic mass is 10.2. The van der Waals surface area contributed by atoms with E-state index in [0.717, 1.165) is 18.4 Å². The van der Waals surface area contributed by atoms with Crippen LogP contribution in [-0.4, -0.2) is 40.7 Å². The van der Waals surface area contributed by atoms with E-state index in [4.69, 9.17) is 23.2 Å². The number of anilines is 1. The number of benzene rings is 1. The van der Waals surface area contributed by atoms with Crippen LogP contribution in [0.4, 0.5) is 5.95 Å². The summed E-state index contributed by atoms with van der Waals surface area (Å²) >= 11 is 12.2. The highest BCUT2D eigenvalue weighted by Crippen LogP contribution is 2.23. The van der Waals surface area contributed by atoms with Crippen LogP contribution >= 0.6 is 23.2 Å². The maximum absolute atomic E-state index is 11.4. The highest BCUT2D eigenvalue weighted by Gasteiger charge is 2.21. The molecule has 1 aliphatic carbocycles. The Morgan fingerprint density at radius 3 is 2.84 bits per heavy atom. The van der Waals surface area contributed by atoms with Crippen LogP contribution in [0, 0.1) is 0 Å². The van der Waals surface area contributed by atoms with Gasteiger partial charge in [-0.1, -0.05) is 29.3 Å². The largest absolute Gasteiger partial charge is 0.493 e. The number of imidazole rings is 1. The molecule has 0 radical (unpaired) electrons. The third-order valence-corrected chi connectivity index (χ3v) is 5.30. The second kappa shape index (κ2) is 7.71. The van der Waals surface area contributed by atoms with E-state index < -0.39 is 5.69 Å².